The average Bonchev–Trinajstić information content (AvgIpc) is 2.80. The monoisotopic (exact) mass is 401 g/mol. The lowest BCUT2D eigenvalue weighted by atomic mass is 9.82. The minimum atomic E-state index is 0.0325. The fourth-order valence-corrected chi connectivity index (χ4v) is 4.77. The molecule has 0 aliphatic carbocycles. The van der Waals surface area contributed by atoms with Gasteiger partial charge in [0.15, 0.2) is 0 Å². The van der Waals surface area contributed by atoms with Crippen molar-refractivity contribution in [2.45, 2.75) is 18.9 Å². The smallest absolute Gasteiger partial charge is 0.258 e. The van der Waals surface area contributed by atoms with Crippen LogP contribution in [0.4, 0.5) is 0 Å². The summed E-state index contributed by atoms with van der Waals surface area (Å²) in [5.74, 6) is 1.23. The molecule has 0 N–H and O–H groups in total. The van der Waals surface area contributed by atoms with Crippen molar-refractivity contribution >= 4 is 5.91 Å². The number of hydrogen-bond acceptors (Lipinski definition) is 4. The van der Waals surface area contributed by atoms with E-state index in [4.69, 9.17) is 4.74 Å². The molecule has 5 rings (SSSR count). The highest BCUT2D eigenvalue weighted by Crippen LogP contribution is 2.36. The third kappa shape index (κ3) is 3.18. The van der Waals surface area contributed by atoms with Crippen LogP contribution >= 0.6 is 0 Å². The molecule has 30 heavy (non-hydrogen) atoms. The van der Waals surface area contributed by atoms with Crippen LogP contribution in [0.5, 0.6) is 5.75 Å². The van der Waals surface area contributed by atoms with Gasteiger partial charge in [0.25, 0.3) is 11.5 Å². The van der Waals surface area contributed by atoms with Gasteiger partial charge in [0.2, 0.25) is 0 Å². The van der Waals surface area contributed by atoms with Crippen LogP contribution in [0, 0.1) is 5.92 Å². The van der Waals surface area contributed by atoms with Gasteiger partial charge in [-0.3, -0.25) is 14.6 Å². The van der Waals surface area contributed by atoms with Crippen molar-refractivity contribution in [1.29, 1.82) is 0 Å². The van der Waals surface area contributed by atoms with Gasteiger partial charge in [-0.1, -0.05) is 6.07 Å². The number of nitrogens with zero attached hydrogens (tertiary/aromatic N) is 3. The summed E-state index contributed by atoms with van der Waals surface area (Å²) in [4.78, 5) is 32.3. The highest BCUT2D eigenvalue weighted by molar-refractivity contribution is 5.94. The number of pyridine rings is 2. The van der Waals surface area contributed by atoms with Gasteiger partial charge < -0.3 is 14.2 Å². The summed E-state index contributed by atoms with van der Waals surface area (Å²) in [5.41, 5.74) is 3.24. The van der Waals surface area contributed by atoms with Crippen LogP contribution in [0.1, 0.15) is 28.4 Å². The molecule has 2 bridgehead atoms. The molecule has 152 valence electrons. The van der Waals surface area contributed by atoms with Gasteiger partial charge in [-0.15, -0.1) is 0 Å². The molecule has 0 radical (unpaired) electrons. The lowest BCUT2D eigenvalue weighted by molar-refractivity contribution is 0.0594. The highest BCUT2D eigenvalue weighted by atomic mass is 16.5. The molecule has 3 aromatic rings. The Morgan fingerprint density at radius 2 is 1.90 bits per heavy atom. The van der Waals surface area contributed by atoms with Gasteiger partial charge in [-0.25, -0.2) is 0 Å². The lowest BCUT2D eigenvalue weighted by Crippen LogP contribution is -2.49. The number of likely N-dealkylation sites (tertiary alicyclic amines) is 1. The number of hydrogen-bond donors (Lipinski definition) is 0. The second-order valence-corrected chi connectivity index (χ2v) is 8.07. The molecule has 0 spiro atoms. The van der Waals surface area contributed by atoms with E-state index in [-0.39, 0.29) is 23.3 Å². The lowest BCUT2D eigenvalue weighted by Gasteiger charge is -2.43. The van der Waals surface area contributed by atoms with Gasteiger partial charge in [0.05, 0.1) is 7.11 Å². The van der Waals surface area contributed by atoms with Gasteiger partial charge in [0.1, 0.15) is 5.75 Å². The summed E-state index contributed by atoms with van der Waals surface area (Å²) in [6, 6.07) is 14.9. The minimum absolute atomic E-state index is 0.0325. The number of rotatable bonds is 3. The third-order valence-electron chi connectivity index (χ3n) is 6.20. The molecule has 1 aromatic carbocycles. The van der Waals surface area contributed by atoms with Crippen LogP contribution in [-0.2, 0) is 6.54 Å². The van der Waals surface area contributed by atoms with E-state index in [2.05, 4.69) is 4.98 Å². The number of carbonyl (C=O) groups is 1. The number of benzene rings is 1. The number of aromatic nitrogens is 2. The number of fused-ring (bicyclic) bond motifs is 4. The van der Waals surface area contributed by atoms with Crippen LogP contribution < -0.4 is 10.3 Å². The van der Waals surface area contributed by atoms with Gasteiger partial charge in [-0.2, -0.15) is 0 Å². The SMILES string of the molecule is COc1ccc(C(=O)N2C[C@H]3C[C@H](C2)c2ccc(-c4cccnc4)c(=O)n2C3)cc1. The van der Waals surface area contributed by atoms with E-state index >= 15 is 0 Å². The molecule has 6 nitrogen and oxygen atoms in total. The summed E-state index contributed by atoms with van der Waals surface area (Å²) in [6.07, 6.45) is 4.44. The maximum atomic E-state index is 13.2. The minimum Gasteiger partial charge on any atom is -0.497 e. The van der Waals surface area contributed by atoms with Gasteiger partial charge in [-0.05, 0) is 54.8 Å². The Bertz CT molecular complexity index is 1140. The topological polar surface area (TPSA) is 64.4 Å². The first-order valence-corrected chi connectivity index (χ1v) is 10.2. The first-order chi connectivity index (χ1) is 14.6. The van der Waals surface area contributed by atoms with Crippen LogP contribution in [-0.4, -0.2) is 40.6 Å². The normalized spacial score (nSPS) is 19.8. The quantitative estimate of drug-likeness (QED) is 0.676. The Balaban J connectivity index is 1.43. The van der Waals surface area contributed by atoms with E-state index in [1.807, 2.05) is 58.0 Å². The molecule has 0 unspecified atom stereocenters. The number of amides is 1. The molecule has 1 amide bonds. The second kappa shape index (κ2) is 7.44. The summed E-state index contributed by atoms with van der Waals surface area (Å²) < 4.78 is 7.10. The van der Waals surface area contributed by atoms with Crippen molar-refractivity contribution in [3.63, 3.8) is 0 Å². The van der Waals surface area contributed by atoms with E-state index in [1.165, 1.54) is 0 Å². The maximum absolute atomic E-state index is 13.2. The molecule has 1 fully saturated rings. The summed E-state index contributed by atoms with van der Waals surface area (Å²) in [7, 11) is 1.61. The molecule has 2 aromatic heterocycles. The van der Waals surface area contributed by atoms with E-state index in [0.717, 1.165) is 23.4 Å². The van der Waals surface area contributed by atoms with Crippen molar-refractivity contribution in [2.24, 2.45) is 5.92 Å². The van der Waals surface area contributed by atoms with E-state index in [9.17, 15) is 9.59 Å². The molecule has 6 heteroatoms. The Morgan fingerprint density at radius 3 is 2.63 bits per heavy atom. The number of piperidine rings is 1. The fourth-order valence-electron chi connectivity index (χ4n) is 4.77. The largest absolute Gasteiger partial charge is 0.497 e. The average molecular weight is 401 g/mol. The van der Waals surface area contributed by atoms with Crippen molar-refractivity contribution in [2.75, 3.05) is 20.2 Å². The van der Waals surface area contributed by atoms with Crippen molar-refractivity contribution in [3.8, 4) is 16.9 Å². The predicted octanol–water partition coefficient (Wildman–Crippen LogP) is 3.18. The van der Waals surface area contributed by atoms with Crippen LogP contribution in [0.25, 0.3) is 11.1 Å². The predicted molar refractivity (Wildman–Crippen MR) is 114 cm³/mol. The molecule has 0 saturated carbocycles. The zero-order chi connectivity index (χ0) is 20.7. The standard InChI is InChI=1S/C24H23N3O3/c1-30-20-6-4-17(5-7-20)23(28)26-13-16-11-19(15-26)22-9-8-21(24(29)27(22)14-16)18-3-2-10-25-12-18/h2-10,12,16,19H,11,13-15H2,1H3/t16-,19-/m1/s1. The summed E-state index contributed by atoms with van der Waals surface area (Å²) >= 11 is 0. The van der Waals surface area contributed by atoms with Crippen LogP contribution in [0.2, 0.25) is 0 Å². The first kappa shape index (κ1) is 18.6. The molecular weight excluding hydrogens is 378 g/mol. The van der Waals surface area contributed by atoms with Gasteiger partial charge in [0, 0.05) is 60.3 Å². The zero-order valence-electron chi connectivity index (χ0n) is 16.8. The number of ether oxygens (including phenoxy) is 1. The Hall–Kier alpha value is -3.41. The number of carbonyl (C=O) groups excluding carboxylic acids is 1. The summed E-state index contributed by atoms with van der Waals surface area (Å²) in [6.45, 7) is 1.95. The Kier molecular flexibility index (Phi) is 4.62. The molecule has 2 aliphatic heterocycles. The van der Waals surface area contributed by atoms with Crippen molar-refractivity contribution in [1.82, 2.24) is 14.5 Å². The summed E-state index contributed by atoms with van der Waals surface area (Å²) in [5, 5.41) is 0. The highest BCUT2D eigenvalue weighted by Gasteiger charge is 2.37. The Labute approximate surface area is 174 Å². The second-order valence-electron chi connectivity index (χ2n) is 8.07. The van der Waals surface area contributed by atoms with Gasteiger partial charge >= 0.3 is 0 Å². The molecule has 2 atom stereocenters. The maximum Gasteiger partial charge on any atom is 0.258 e. The molecule has 4 heterocycles. The van der Waals surface area contributed by atoms with E-state index in [1.54, 1.807) is 19.5 Å². The first-order valence-electron chi connectivity index (χ1n) is 10.2. The van der Waals surface area contributed by atoms with Crippen molar-refractivity contribution < 1.29 is 9.53 Å². The molecule has 1 saturated heterocycles. The van der Waals surface area contributed by atoms with E-state index in [0.29, 0.717) is 30.8 Å². The van der Waals surface area contributed by atoms with Crippen LogP contribution in [0.3, 0.4) is 0 Å². The molecule has 2 aliphatic rings. The van der Waals surface area contributed by atoms with E-state index < -0.39 is 0 Å². The molecular formula is C24H23N3O3. The fraction of sp³-hybridized carbons (Fsp3) is 0.292. The van der Waals surface area contributed by atoms with Crippen LogP contribution in [0.15, 0.2) is 65.7 Å². The third-order valence-corrected chi connectivity index (χ3v) is 6.20. The Morgan fingerprint density at radius 1 is 1.07 bits per heavy atom. The van der Waals surface area contributed by atoms with Crippen molar-refractivity contribution in [3.05, 3.63) is 82.5 Å². The zero-order valence-corrected chi connectivity index (χ0v) is 16.8. The number of methoxy groups -OCH3 is 1.